The zero-order valence-corrected chi connectivity index (χ0v) is 10.8. The molecule has 0 radical (unpaired) electrons. The van der Waals surface area contributed by atoms with Gasteiger partial charge in [0.2, 0.25) is 0 Å². The van der Waals surface area contributed by atoms with Crippen LogP contribution in [0.2, 0.25) is 0 Å². The van der Waals surface area contributed by atoms with E-state index in [2.05, 4.69) is 20.9 Å². The highest BCUT2D eigenvalue weighted by atomic mass is 79.9. The van der Waals surface area contributed by atoms with Gasteiger partial charge in [0.1, 0.15) is 4.60 Å². The summed E-state index contributed by atoms with van der Waals surface area (Å²) in [6.07, 6.45) is 1.73. The Morgan fingerprint density at radius 2 is 2.47 bits per heavy atom. The number of carbonyl (C=O) groups is 1. The predicted octanol–water partition coefficient (Wildman–Crippen LogP) is 2.64. The van der Waals surface area contributed by atoms with Crippen LogP contribution in [0.1, 0.15) is 12.5 Å². The molecule has 0 N–H and O–H groups in total. The van der Waals surface area contributed by atoms with Gasteiger partial charge in [0, 0.05) is 11.9 Å². The SMILES string of the molecule is CCOC(=O)CSCc1cccnc1Br. The summed E-state index contributed by atoms with van der Waals surface area (Å²) in [5, 5.41) is 0. The molecule has 0 saturated heterocycles. The summed E-state index contributed by atoms with van der Waals surface area (Å²) in [5.41, 5.74) is 1.09. The number of hydrogen-bond acceptors (Lipinski definition) is 4. The molecule has 0 spiro atoms. The second kappa shape index (κ2) is 6.85. The highest BCUT2D eigenvalue weighted by Crippen LogP contribution is 2.18. The molecule has 0 atom stereocenters. The van der Waals surface area contributed by atoms with E-state index >= 15 is 0 Å². The number of aromatic nitrogens is 1. The van der Waals surface area contributed by atoms with E-state index < -0.39 is 0 Å². The first-order chi connectivity index (χ1) is 7.24. The fourth-order valence-corrected chi connectivity index (χ4v) is 2.36. The summed E-state index contributed by atoms with van der Waals surface area (Å²) < 4.78 is 5.66. The molecular formula is C10H12BrNO2S. The number of ether oxygens (including phenoxy) is 1. The number of hydrogen-bond donors (Lipinski definition) is 0. The minimum Gasteiger partial charge on any atom is -0.465 e. The lowest BCUT2D eigenvalue weighted by molar-refractivity contribution is -0.139. The minimum atomic E-state index is -0.164. The van der Waals surface area contributed by atoms with E-state index in [9.17, 15) is 4.79 Å². The molecule has 0 aromatic carbocycles. The Bertz CT molecular complexity index is 333. The number of carbonyl (C=O) groups excluding carboxylic acids is 1. The minimum absolute atomic E-state index is 0.164. The first-order valence-corrected chi connectivity index (χ1v) is 6.51. The lowest BCUT2D eigenvalue weighted by atomic mass is 10.3. The standard InChI is InChI=1S/C10H12BrNO2S/c1-2-14-9(13)7-15-6-8-4-3-5-12-10(8)11/h3-5H,2,6-7H2,1H3. The lowest BCUT2D eigenvalue weighted by Crippen LogP contribution is -2.06. The van der Waals surface area contributed by atoms with Crippen molar-refractivity contribution in [2.24, 2.45) is 0 Å². The normalized spacial score (nSPS) is 10.0. The molecular weight excluding hydrogens is 278 g/mol. The Morgan fingerprint density at radius 1 is 1.67 bits per heavy atom. The first kappa shape index (κ1) is 12.5. The Hall–Kier alpha value is -0.550. The maximum Gasteiger partial charge on any atom is 0.315 e. The molecule has 0 unspecified atom stereocenters. The summed E-state index contributed by atoms with van der Waals surface area (Å²) >= 11 is 4.88. The lowest BCUT2D eigenvalue weighted by Gasteiger charge is -2.03. The Kier molecular flexibility index (Phi) is 5.71. The van der Waals surface area contributed by atoms with Crippen LogP contribution in [-0.2, 0) is 15.3 Å². The van der Waals surface area contributed by atoms with Crippen molar-refractivity contribution in [1.29, 1.82) is 0 Å². The molecule has 0 aliphatic rings. The van der Waals surface area contributed by atoms with E-state index in [4.69, 9.17) is 4.74 Å². The van der Waals surface area contributed by atoms with Gasteiger partial charge in [-0.3, -0.25) is 4.79 Å². The summed E-state index contributed by atoms with van der Waals surface area (Å²) in [6, 6.07) is 3.86. The van der Waals surface area contributed by atoms with Gasteiger partial charge in [-0.2, -0.15) is 0 Å². The maximum absolute atomic E-state index is 11.0. The van der Waals surface area contributed by atoms with Crippen LogP contribution in [0.4, 0.5) is 0 Å². The molecule has 5 heteroatoms. The van der Waals surface area contributed by atoms with Gasteiger partial charge >= 0.3 is 5.97 Å². The fraction of sp³-hybridized carbons (Fsp3) is 0.400. The molecule has 15 heavy (non-hydrogen) atoms. The molecule has 0 saturated carbocycles. The average molecular weight is 290 g/mol. The molecule has 1 aromatic heterocycles. The number of rotatable bonds is 5. The molecule has 1 heterocycles. The third-order valence-electron chi connectivity index (χ3n) is 1.62. The Balaban J connectivity index is 2.32. The van der Waals surface area contributed by atoms with Crippen molar-refractivity contribution in [2.75, 3.05) is 12.4 Å². The van der Waals surface area contributed by atoms with Crippen LogP contribution in [0, 0.1) is 0 Å². The quantitative estimate of drug-likeness (QED) is 0.617. The van der Waals surface area contributed by atoms with E-state index in [-0.39, 0.29) is 5.97 Å². The van der Waals surface area contributed by atoms with Crippen molar-refractivity contribution in [2.45, 2.75) is 12.7 Å². The topological polar surface area (TPSA) is 39.2 Å². The number of esters is 1. The van der Waals surface area contributed by atoms with Crippen LogP contribution in [0.3, 0.4) is 0 Å². The first-order valence-electron chi connectivity index (χ1n) is 4.56. The van der Waals surface area contributed by atoms with Crippen LogP contribution >= 0.6 is 27.7 Å². The van der Waals surface area contributed by atoms with E-state index in [1.54, 1.807) is 13.1 Å². The number of thioether (sulfide) groups is 1. The van der Waals surface area contributed by atoms with Gasteiger partial charge in [-0.25, -0.2) is 4.98 Å². The highest BCUT2D eigenvalue weighted by molar-refractivity contribution is 9.10. The molecule has 0 aliphatic carbocycles. The highest BCUT2D eigenvalue weighted by Gasteiger charge is 2.04. The van der Waals surface area contributed by atoms with Crippen LogP contribution < -0.4 is 0 Å². The van der Waals surface area contributed by atoms with Crippen molar-refractivity contribution in [3.05, 3.63) is 28.5 Å². The zero-order valence-electron chi connectivity index (χ0n) is 8.40. The second-order valence-electron chi connectivity index (χ2n) is 2.75. The van der Waals surface area contributed by atoms with E-state index in [1.165, 1.54) is 11.8 Å². The smallest absolute Gasteiger partial charge is 0.315 e. The Morgan fingerprint density at radius 3 is 3.13 bits per heavy atom. The third kappa shape index (κ3) is 4.66. The molecule has 0 fully saturated rings. The van der Waals surface area contributed by atoms with Crippen LogP contribution in [0.25, 0.3) is 0 Å². The van der Waals surface area contributed by atoms with Crippen molar-refractivity contribution < 1.29 is 9.53 Å². The molecule has 0 aliphatic heterocycles. The third-order valence-corrected chi connectivity index (χ3v) is 3.29. The van der Waals surface area contributed by atoms with Gasteiger partial charge in [0.25, 0.3) is 0 Å². The summed E-state index contributed by atoms with van der Waals surface area (Å²) in [4.78, 5) is 15.1. The van der Waals surface area contributed by atoms with Gasteiger partial charge in [0.05, 0.1) is 12.4 Å². The van der Waals surface area contributed by atoms with Gasteiger partial charge in [-0.1, -0.05) is 6.07 Å². The summed E-state index contributed by atoms with van der Waals surface area (Å²) in [6.45, 7) is 2.25. The maximum atomic E-state index is 11.0. The van der Waals surface area contributed by atoms with Crippen molar-refractivity contribution in [3.8, 4) is 0 Å². The van der Waals surface area contributed by atoms with Gasteiger partial charge < -0.3 is 4.74 Å². The second-order valence-corrected chi connectivity index (χ2v) is 4.49. The van der Waals surface area contributed by atoms with Crippen LogP contribution in [-0.4, -0.2) is 23.3 Å². The van der Waals surface area contributed by atoms with Crippen molar-refractivity contribution in [3.63, 3.8) is 0 Å². The summed E-state index contributed by atoms with van der Waals surface area (Å²) in [5.74, 6) is 0.977. The molecule has 1 aromatic rings. The van der Waals surface area contributed by atoms with Crippen molar-refractivity contribution >= 4 is 33.7 Å². The largest absolute Gasteiger partial charge is 0.465 e. The van der Waals surface area contributed by atoms with E-state index in [1.807, 2.05) is 12.1 Å². The van der Waals surface area contributed by atoms with E-state index in [0.29, 0.717) is 12.4 Å². The molecule has 82 valence electrons. The molecule has 0 bridgehead atoms. The van der Waals surface area contributed by atoms with E-state index in [0.717, 1.165) is 15.9 Å². The zero-order chi connectivity index (χ0) is 11.1. The number of halogens is 1. The number of nitrogens with zero attached hydrogens (tertiary/aromatic N) is 1. The molecule has 0 amide bonds. The van der Waals surface area contributed by atoms with Crippen LogP contribution in [0.15, 0.2) is 22.9 Å². The average Bonchev–Trinajstić information content (AvgIpc) is 2.21. The summed E-state index contributed by atoms with van der Waals surface area (Å²) in [7, 11) is 0. The monoisotopic (exact) mass is 289 g/mol. The molecule has 3 nitrogen and oxygen atoms in total. The number of pyridine rings is 1. The fourth-order valence-electron chi connectivity index (χ4n) is 0.974. The molecule has 1 rings (SSSR count). The van der Waals surface area contributed by atoms with Crippen LogP contribution in [0.5, 0.6) is 0 Å². The predicted molar refractivity (Wildman–Crippen MR) is 64.7 cm³/mol. The van der Waals surface area contributed by atoms with Gasteiger partial charge in [-0.05, 0) is 34.5 Å². The van der Waals surface area contributed by atoms with Gasteiger partial charge in [0.15, 0.2) is 0 Å². The Labute approximate surface area is 102 Å². The van der Waals surface area contributed by atoms with Crippen molar-refractivity contribution in [1.82, 2.24) is 4.98 Å². The van der Waals surface area contributed by atoms with Gasteiger partial charge in [-0.15, -0.1) is 11.8 Å².